The van der Waals surface area contributed by atoms with E-state index in [0.29, 0.717) is 5.92 Å². The molecule has 0 aliphatic heterocycles. The number of rotatable bonds is 7. The summed E-state index contributed by atoms with van der Waals surface area (Å²) in [5, 5.41) is 0. The van der Waals surface area contributed by atoms with Crippen LogP contribution in [0, 0.1) is 11.8 Å². The first-order chi connectivity index (χ1) is 5.70. The molecule has 72 valence electrons. The highest BCUT2D eigenvalue weighted by atomic mass is 14.1. The van der Waals surface area contributed by atoms with Gasteiger partial charge in [-0.05, 0) is 18.3 Å². The van der Waals surface area contributed by atoms with Crippen LogP contribution in [-0.2, 0) is 0 Å². The highest BCUT2D eigenvalue weighted by Gasteiger charge is 2.03. The number of hydrogen-bond donors (Lipinski definition) is 0. The minimum Gasteiger partial charge on any atom is -0.103 e. The molecule has 0 heterocycles. The first-order valence-electron chi connectivity index (χ1n) is 5.33. The molecule has 0 aromatic rings. The van der Waals surface area contributed by atoms with E-state index in [0.717, 1.165) is 5.92 Å². The van der Waals surface area contributed by atoms with E-state index in [1.54, 1.807) is 0 Å². The SMILES string of the molecule is C=CC(C)CCC(C)CCCC. The fourth-order valence-electron chi connectivity index (χ4n) is 1.36. The highest BCUT2D eigenvalue weighted by Crippen LogP contribution is 2.17. The van der Waals surface area contributed by atoms with Crippen molar-refractivity contribution >= 4 is 0 Å². The third kappa shape index (κ3) is 6.45. The Bertz CT molecular complexity index is 105. The lowest BCUT2D eigenvalue weighted by molar-refractivity contribution is 0.431. The van der Waals surface area contributed by atoms with Crippen LogP contribution in [0.15, 0.2) is 12.7 Å². The fourth-order valence-corrected chi connectivity index (χ4v) is 1.36. The molecular weight excluding hydrogens is 144 g/mol. The molecule has 0 spiro atoms. The lowest BCUT2D eigenvalue weighted by Crippen LogP contribution is -1.98. The van der Waals surface area contributed by atoms with Crippen molar-refractivity contribution in [3.8, 4) is 0 Å². The standard InChI is InChI=1S/C12H24/c1-5-7-8-12(4)10-9-11(3)6-2/h6,11-12H,2,5,7-10H2,1,3-4H3. The van der Waals surface area contributed by atoms with Gasteiger partial charge in [0, 0.05) is 0 Å². The van der Waals surface area contributed by atoms with Crippen molar-refractivity contribution in [3.05, 3.63) is 12.7 Å². The van der Waals surface area contributed by atoms with E-state index in [1.807, 2.05) is 0 Å². The molecule has 2 unspecified atom stereocenters. The van der Waals surface area contributed by atoms with Gasteiger partial charge in [-0.2, -0.15) is 0 Å². The van der Waals surface area contributed by atoms with Gasteiger partial charge in [-0.15, -0.1) is 6.58 Å². The minimum atomic E-state index is 0.703. The molecule has 0 aromatic heterocycles. The second-order valence-corrected chi connectivity index (χ2v) is 4.04. The Balaban J connectivity index is 3.29. The Hall–Kier alpha value is -0.260. The highest BCUT2D eigenvalue weighted by molar-refractivity contribution is 4.75. The maximum absolute atomic E-state index is 3.80. The summed E-state index contributed by atoms with van der Waals surface area (Å²) in [6, 6.07) is 0. The van der Waals surface area contributed by atoms with Crippen LogP contribution in [0.1, 0.15) is 52.9 Å². The van der Waals surface area contributed by atoms with Crippen LogP contribution < -0.4 is 0 Å². The first-order valence-corrected chi connectivity index (χ1v) is 5.33. The molecule has 2 atom stereocenters. The summed E-state index contributed by atoms with van der Waals surface area (Å²) in [5.74, 6) is 1.61. The van der Waals surface area contributed by atoms with E-state index in [9.17, 15) is 0 Å². The number of unbranched alkanes of at least 4 members (excludes halogenated alkanes) is 1. The Morgan fingerprint density at radius 2 is 1.83 bits per heavy atom. The van der Waals surface area contributed by atoms with Gasteiger partial charge in [-0.3, -0.25) is 0 Å². The van der Waals surface area contributed by atoms with Crippen molar-refractivity contribution < 1.29 is 0 Å². The molecule has 0 aliphatic rings. The summed E-state index contributed by atoms with van der Waals surface area (Å²) < 4.78 is 0. The van der Waals surface area contributed by atoms with Gasteiger partial charge in [0.2, 0.25) is 0 Å². The molecule has 0 N–H and O–H groups in total. The van der Waals surface area contributed by atoms with Gasteiger partial charge in [-0.1, -0.05) is 52.5 Å². The van der Waals surface area contributed by atoms with Gasteiger partial charge in [0.15, 0.2) is 0 Å². The van der Waals surface area contributed by atoms with Crippen molar-refractivity contribution in [1.29, 1.82) is 0 Å². The molecule has 12 heavy (non-hydrogen) atoms. The van der Waals surface area contributed by atoms with Crippen molar-refractivity contribution in [2.24, 2.45) is 11.8 Å². The van der Waals surface area contributed by atoms with Crippen molar-refractivity contribution in [1.82, 2.24) is 0 Å². The second-order valence-electron chi connectivity index (χ2n) is 4.04. The smallest absolute Gasteiger partial charge is 0.0265 e. The predicted molar refractivity (Wildman–Crippen MR) is 57.3 cm³/mol. The lowest BCUT2D eigenvalue weighted by atomic mass is 9.94. The molecule has 0 bridgehead atoms. The van der Waals surface area contributed by atoms with Crippen molar-refractivity contribution in [3.63, 3.8) is 0 Å². The molecule has 0 saturated heterocycles. The zero-order chi connectivity index (χ0) is 9.40. The zero-order valence-corrected chi connectivity index (χ0v) is 8.97. The van der Waals surface area contributed by atoms with Crippen LogP contribution in [0.25, 0.3) is 0 Å². The lowest BCUT2D eigenvalue weighted by Gasteiger charge is -2.12. The quantitative estimate of drug-likeness (QED) is 0.494. The monoisotopic (exact) mass is 168 g/mol. The number of hydrogen-bond acceptors (Lipinski definition) is 0. The summed E-state index contributed by atoms with van der Waals surface area (Å²) in [4.78, 5) is 0. The van der Waals surface area contributed by atoms with Crippen molar-refractivity contribution in [2.75, 3.05) is 0 Å². The van der Waals surface area contributed by atoms with Crippen LogP contribution in [0.2, 0.25) is 0 Å². The normalized spacial score (nSPS) is 15.6. The molecule has 0 radical (unpaired) electrons. The van der Waals surface area contributed by atoms with Gasteiger partial charge in [-0.25, -0.2) is 0 Å². The summed E-state index contributed by atoms with van der Waals surface area (Å²) in [6.07, 6.45) is 8.87. The summed E-state index contributed by atoms with van der Waals surface area (Å²) in [7, 11) is 0. The molecule has 0 aromatic carbocycles. The topological polar surface area (TPSA) is 0 Å². The van der Waals surface area contributed by atoms with Crippen LogP contribution in [0.5, 0.6) is 0 Å². The van der Waals surface area contributed by atoms with E-state index >= 15 is 0 Å². The van der Waals surface area contributed by atoms with E-state index in [4.69, 9.17) is 0 Å². The second kappa shape index (κ2) is 7.39. The molecule has 0 aliphatic carbocycles. The molecule has 0 fully saturated rings. The zero-order valence-electron chi connectivity index (χ0n) is 8.97. The van der Waals surface area contributed by atoms with Gasteiger partial charge < -0.3 is 0 Å². The third-order valence-electron chi connectivity index (χ3n) is 2.57. The van der Waals surface area contributed by atoms with Crippen LogP contribution >= 0.6 is 0 Å². The Labute approximate surface area is 78.1 Å². The fraction of sp³-hybridized carbons (Fsp3) is 0.833. The Morgan fingerprint density at radius 1 is 1.17 bits per heavy atom. The van der Waals surface area contributed by atoms with Gasteiger partial charge in [0.25, 0.3) is 0 Å². The Morgan fingerprint density at radius 3 is 2.33 bits per heavy atom. The van der Waals surface area contributed by atoms with Crippen molar-refractivity contribution in [2.45, 2.75) is 52.9 Å². The third-order valence-corrected chi connectivity index (χ3v) is 2.57. The van der Waals surface area contributed by atoms with Gasteiger partial charge in [0.1, 0.15) is 0 Å². The summed E-state index contributed by atoms with van der Waals surface area (Å²) in [6.45, 7) is 10.7. The molecule has 0 saturated carbocycles. The van der Waals surface area contributed by atoms with E-state index in [2.05, 4.69) is 33.4 Å². The maximum atomic E-state index is 3.80. The van der Waals surface area contributed by atoms with Gasteiger partial charge >= 0.3 is 0 Å². The molecule has 0 nitrogen and oxygen atoms in total. The van der Waals surface area contributed by atoms with E-state index < -0.39 is 0 Å². The predicted octanol–water partition coefficient (Wildman–Crippen LogP) is 4.42. The summed E-state index contributed by atoms with van der Waals surface area (Å²) in [5.41, 5.74) is 0. The van der Waals surface area contributed by atoms with E-state index in [-0.39, 0.29) is 0 Å². The largest absolute Gasteiger partial charge is 0.103 e. The molecular formula is C12H24. The Kier molecular flexibility index (Phi) is 7.23. The molecule has 0 amide bonds. The van der Waals surface area contributed by atoms with E-state index in [1.165, 1.54) is 32.1 Å². The van der Waals surface area contributed by atoms with Crippen LogP contribution in [-0.4, -0.2) is 0 Å². The van der Waals surface area contributed by atoms with Gasteiger partial charge in [0.05, 0.1) is 0 Å². The summed E-state index contributed by atoms with van der Waals surface area (Å²) >= 11 is 0. The first kappa shape index (κ1) is 11.7. The molecule has 0 rings (SSSR count). The average Bonchev–Trinajstić information content (AvgIpc) is 2.10. The number of allylic oxidation sites excluding steroid dienone is 1. The average molecular weight is 168 g/mol. The van der Waals surface area contributed by atoms with Crippen LogP contribution in [0.4, 0.5) is 0 Å². The maximum Gasteiger partial charge on any atom is -0.0265 e. The molecule has 0 heteroatoms. The van der Waals surface area contributed by atoms with Crippen LogP contribution in [0.3, 0.4) is 0 Å². The minimum absolute atomic E-state index is 0.703.